The monoisotopic (exact) mass is 495 g/mol. The molecule has 0 N–H and O–H groups in total. The van der Waals surface area contributed by atoms with Crippen molar-refractivity contribution >= 4 is 33.3 Å². The van der Waals surface area contributed by atoms with Crippen LogP contribution in [-0.4, -0.2) is 4.98 Å². The Labute approximate surface area is 222 Å². The Balaban J connectivity index is 1.77. The average Bonchev–Trinajstić information content (AvgIpc) is 2.71. The lowest BCUT2D eigenvalue weighted by atomic mass is 9.83. The molecule has 0 saturated carbocycles. The molecule has 0 fully saturated rings. The van der Waals surface area contributed by atoms with E-state index in [4.69, 9.17) is 4.98 Å². The summed E-state index contributed by atoms with van der Waals surface area (Å²) in [6.07, 6.45) is 5.21. The highest BCUT2D eigenvalue weighted by Crippen LogP contribution is 2.51. The maximum atomic E-state index is 5.00. The number of fused-ring (bicyclic) bond motifs is 3. The quantitative estimate of drug-likeness (QED) is 0.247. The van der Waals surface area contributed by atoms with Crippen molar-refractivity contribution in [3.05, 3.63) is 65.4 Å². The molecular weight excluding hydrogens is 454 g/mol. The SMILES string of the molecule is CC(C)(C)Cc1ccc2c(CC(C)(C)C)c3c(cc2c1)-c1nccc2cc(CC(C)(C)C)cc(c12)S3. The van der Waals surface area contributed by atoms with Crippen LogP contribution in [0.25, 0.3) is 32.8 Å². The smallest absolute Gasteiger partial charge is 0.0803 e. The summed E-state index contributed by atoms with van der Waals surface area (Å²) in [5, 5.41) is 5.38. The molecule has 2 heterocycles. The summed E-state index contributed by atoms with van der Waals surface area (Å²) in [5.41, 5.74) is 7.49. The predicted molar refractivity (Wildman–Crippen MR) is 158 cm³/mol. The van der Waals surface area contributed by atoms with Gasteiger partial charge in [0.2, 0.25) is 0 Å². The van der Waals surface area contributed by atoms with Crippen molar-refractivity contribution in [2.75, 3.05) is 0 Å². The van der Waals surface area contributed by atoms with Crippen molar-refractivity contribution in [3.8, 4) is 11.3 Å². The Hall–Kier alpha value is -2.32. The maximum absolute atomic E-state index is 5.00. The van der Waals surface area contributed by atoms with Gasteiger partial charge in [0.1, 0.15) is 0 Å². The van der Waals surface area contributed by atoms with Crippen molar-refractivity contribution in [1.82, 2.24) is 4.98 Å². The molecule has 4 aromatic rings. The second-order valence-corrected chi connectivity index (χ2v) is 15.5. The lowest BCUT2D eigenvalue weighted by Crippen LogP contribution is -2.13. The van der Waals surface area contributed by atoms with Gasteiger partial charge in [0.05, 0.1) is 5.69 Å². The van der Waals surface area contributed by atoms with E-state index in [1.165, 1.54) is 53.6 Å². The van der Waals surface area contributed by atoms with Crippen LogP contribution in [0.1, 0.15) is 79.0 Å². The van der Waals surface area contributed by atoms with Crippen LogP contribution in [0.3, 0.4) is 0 Å². The fourth-order valence-electron chi connectivity index (χ4n) is 5.68. The van der Waals surface area contributed by atoms with E-state index >= 15 is 0 Å². The second kappa shape index (κ2) is 8.62. The minimum Gasteiger partial charge on any atom is -0.256 e. The third-order valence-corrected chi connectivity index (χ3v) is 8.00. The first-order chi connectivity index (χ1) is 16.7. The van der Waals surface area contributed by atoms with Crippen LogP contribution in [-0.2, 0) is 19.3 Å². The molecule has 0 spiro atoms. The van der Waals surface area contributed by atoms with Crippen LogP contribution in [0, 0.1) is 16.2 Å². The van der Waals surface area contributed by atoms with Gasteiger partial charge in [-0.2, -0.15) is 0 Å². The molecule has 0 amide bonds. The van der Waals surface area contributed by atoms with Gasteiger partial charge in [-0.25, -0.2) is 0 Å². The summed E-state index contributed by atoms with van der Waals surface area (Å²) in [7, 11) is 0. The third-order valence-electron chi connectivity index (χ3n) is 6.79. The Morgan fingerprint density at radius 3 is 1.97 bits per heavy atom. The number of benzene rings is 3. The summed E-state index contributed by atoms with van der Waals surface area (Å²) >= 11 is 1.97. The summed E-state index contributed by atoms with van der Waals surface area (Å²) in [6, 6.07) is 16.6. The van der Waals surface area contributed by atoms with Crippen molar-refractivity contribution in [3.63, 3.8) is 0 Å². The molecule has 3 aromatic carbocycles. The molecule has 1 aliphatic rings. The highest BCUT2D eigenvalue weighted by molar-refractivity contribution is 7.99. The molecule has 0 radical (unpaired) electrons. The zero-order chi connectivity index (χ0) is 26.0. The zero-order valence-corrected chi connectivity index (χ0v) is 24.4. The summed E-state index contributed by atoms with van der Waals surface area (Å²) in [6.45, 7) is 21.0. The van der Waals surface area contributed by atoms with Crippen LogP contribution in [0.15, 0.2) is 58.5 Å². The zero-order valence-electron chi connectivity index (χ0n) is 23.6. The van der Waals surface area contributed by atoms with Crippen LogP contribution < -0.4 is 0 Å². The van der Waals surface area contributed by atoms with Crippen molar-refractivity contribution < 1.29 is 0 Å². The first-order valence-electron chi connectivity index (χ1n) is 13.4. The van der Waals surface area contributed by atoms with Crippen molar-refractivity contribution in [1.29, 1.82) is 0 Å². The van der Waals surface area contributed by atoms with Gasteiger partial charge in [-0.3, -0.25) is 4.98 Å². The Bertz CT molecular complexity index is 1470. The molecule has 0 saturated heterocycles. The Morgan fingerprint density at radius 1 is 0.667 bits per heavy atom. The largest absolute Gasteiger partial charge is 0.256 e. The highest BCUT2D eigenvalue weighted by atomic mass is 32.2. The van der Waals surface area contributed by atoms with E-state index < -0.39 is 0 Å². The number of aromatic nitrogens is 1. The molecule has 2 heteroatoms. The van der Waals surface area contributed by atoms with E-state index in [1.54, 1.807) is 0 Å². The van der Waals surface area contributed by atoms with Crippen LogP contribution in [0.2, 0.25) is 0 Å². The Kier molecular flexibility index (Phi) is 6.07. The van der Waals surface area contributed by atoms with Gasteiger partial charge < -0.3 is 0 Å². The molecule has 5 rings (SSSR count). The van der Waals surface area contributed by atoms with Gasteiger partial charge in [-0.15, -0.1) is 0 Å². The molecular formula is C34H41NS. The van der Waals surface area contributed by atoms with Crippen LogP contribution in [0.4, 0.5) is 0 Å². The normalized spacial score (nSPS) is 13.9. The van der Waals surface area contributed by atoms with Crippen LogP contribution in [0.5, 0.6) is 0 Å². The molecule has 1 nitrogen and oxygen atoms in total. The molecule has 0 unspecified atom stereocenters. The highest BCUT2D eigenvalue weighted by Gasteiger charge is 2.27. The number of hydrogen-bond donors (Lipinski definition) is 0. The number of nitrogens with zero attached hydrogens (tertiary/aromatic N) is 1. The first-order valence-corrected chi connectivity index (χ1v) is 14.2. The summed E-state index contributed by atoms with van der Waals surface area (Å²) in [5.74, 6) is 0. The summed E-state index contributed by atoms with van der Waals surface area (Å²) < 4.78 is 0. The molecule has 0 aliphatic carbocycles. The van der Waals surface area contributed by atoms with E-state index in [-0.39, 0.29) is 16.2 Å². The van der Waals surface area contributed by atoms with Gasteiger partial charge in [0.25, 0.3) is 0 Å². The molecule has 36 heavy (non-hydrogen) atoms. The van der Waals surface area contributed by atoms with Gasteiger partial charge in [0.15, 0.2) is 0 Å². The van der Waals surface area contributed by atoms with Gasteiger partial charge in [-0.05, 0) is 86.6 Å². The van der Waals surface area contributed by atoms with E-state index in [0.29, 0.717) is 0 Å². The summed E-state index contributed by atoms with van der Waals surface area (Å²) in [4.78, 5) is 7.76. The molecule has 188 valence electrons. The first kappa shape index (κ1) is 25.3. The lowest BCUT2D eigenvalue weighted by Gasteiger charge is -2.28. The van der Waals surface area contributed by atoms with E-state index in [2.05, 4.69) is 105 Å². The van der Waals surface area contributed by atoms with E-state index in [1.807, 2.05) is 18.0 Å². The number of hydrogen-bond acceptors (Lipinski definition) is 2. The number of rotatable bonds is 3. The molecule has 0 atom stereocenters. The fourth-order valence-corrected chi connectivity index (χ4v) is 7.00. The lowest BCUT2D eigenvalue weighted by molar-refractivity contribution is 0.409. The van der Waals surface area contributed by atoms with Crippen molar-refractivity contribution in [2.24, 2.45) is 16.2 Å². The number of pyridine rings is 1. The van der Waals surface area contributed by atoms with Gasteiger partial charge >= 0.3 is 0 Å². The Morgan fingerprint density at radius 2 is 1.31 bits per heavy atom. The minimum absolute atomic E-state index is 0.195. The van der Waals surface area contributed by atoms with E-state index in [9.17, 15) is 0 Å². The fraction of sp³-hybridized carbons (Fsp3) is 0.441. The van der Waals surface area contributed by atoms with Gasteiger partial charge in [-0.1, -0.05) is 98.3 Å². The average molecular weight is 496 g/mol. The standard InChI is InChI=1S/C34H41NS/c1-32(2,3)18-21-10-11-25-24(14-21)17-26-30-29-23(12-13-35-30)15-22(19-33(4,5)6)16-28(29)36-31(26)27(25)20-34(7,8)9/h10-17H,18-20H2,1-9H3. The maximum Gasteiger partial charge on any atom is 0.0803 e. The van der Waals surface area contributed by atoms with Crippen molar-refractivity contribution in [2.45, 2.75) is 91.4 Å². The third kappa shape index (κ3) is 5.21. The molecule has 1 aliphatic heterocycles. The second-order valence-electron chi connectivity index (χ2n) is 14.5. The molecule has 0 bridgehead atoms. The van der Waals surface area contributed by atoms with E-state index in [0.717, 1.165) is 25.0 Å². The molecule has 1 aromatic heterocycles. The topological polar surface area (TPSA) is 12.9 Å². The van der Waals surface area contributed by atoms with Gasteiger partial charge in [0, 0.05) is 26.9 Å². The predicted octanol–water partition coefficient (Wildman–Crippen LogP) is 10.3. The minimum atomic E-state index is 0.195. The van der Waals surface area contributed by atoms with Crippen LogP contribution >= 0.6 is 11.8 Å².